The zero-order chi connectivity index (χ0) is 12.4. The molecule has 1 N–H and O–H groups in total. The van der Waals surface area contributed by atoms with Gasteiger partial charge in [0.25, 0.3) is 0 Å². The van der Waals surface area contributed by atoms with Gasteiger partial charge in [-0.15, -0.1) is 5.10 Å². The summed E-state index contributed by atoms with van der Waals surface area (Å²) in [5, 5.41) is 20.3. The number of nitrogens with zero attached hydrogens (tertiary/aromatic N) is 5. The lowest BCUT2D eigenvalue weighted by Crippen LogP contribution is -2.22. The molecule has 0 aliphatic carbocycles. The van der Waals surface area contributed by atoms with Crippen molar-refractivity contribution in [1.29, 1.82) is 0 Å². The highest BCUT2D eigenvalue weighted by Gasteiger charge is 2.24. The predicted octanol–water partition coefficient (Wildman–Crippen LogP) is 0.721. The van der Waals surface area contributed by atoms with Gasteiger partial charge in [-0.05, 0) is 16.3 Å². The lowest BCUT2D eigenvalue weighted by atomic mass is 10.1. The van der Waals surface area contributed by atoms with Gasteiger partial charge in [0.15, 0.2) is 5.65 Å². The van der Waals surface area contributed by atoms with E-state index in [2.05, 4.69) is 20.5 Å². The summed E-state index contributed by atoms with van der Waals surface area (Å²) in [5.41, 5.74) is 0.503. The third kappa shape index (κ3) is 2.36. The van der Waals surface area contributed by atoms with Crippen LogP contribution in [0.4, 0.5) is 0 Å². The Labute approximate surface area is 101 Å². The molecule has 0 aromatic carbocycles. The molecule has 0 aliphatic heterocycles. The molecule has 1 unspecified atom stereocenters. The van der Waals surface area contributed by atoms with Crippen molar-refractivity contribution in [3.63, 3.8) is 0 Å². The van der Waals surface area contributed by atoms with E-state index in [0.29, 0.717) is 10.7 Å². The van der Waals surface area contributed by atoms with E-state index < -0.39 is 11.2 Å². The van der Waals surface area contributed by atoms with E-state index in [0.717, 1.165) is 0 Å². The molecule has 2 heterocycles. The average molecular weight is 253 g/mol. The van der Waals surface area contributed by atoms with E-state index in [-0.39, 0.29) is 5.92 Å². The van der Waals surface area contributed by atoms with E-state index >= 15 is 0 Å². The van der Waals surface area contributed by atoms with E-state index in [9.17, 15) is 4.79 Å². The van der Waals surface area contributed by atoms with E-state index in [4.69, 9.17) is 5.11 Å². The first-order valence-electron chi connectivity index (χ1n) is 5.01. The molecule has 0 spiro atoms. The number of aromatic nitrogens is 5. The van der Waals surface area contributed by atoms with Gasteiger partial charge in [0.05, 0.1) is 12.4 Å². The zero-order valence-electron chi connectivity index (χ0n) is 9.31. The van der Waals surface area contributed by atoms with Crippen molar-refractivity contribution in [2.45, 2.75) is 24.1 Å². The Morgan fingerprint density at radius 3 is 2.88 bits per heavy atom. The van der Waals surface area contributed by atoms with Gasteiger partial charge >= 0.3 is 5.97 Å². The van der Waals surface area contributed by atoms with Gasteiger partial charge in [-0.3, -0.25) is 9.78 Å². The Kier molecular flexibility index (Phi) is 3.23. The van der Waals surface area contributed by atoms with Crippen molar-refractivity contribution >= 4 is 23.4 Å². The second-order valence-electron chi connectivity index (χ2n) is 3.82. The van der Waals surface area contributed by atoms with Crippen LogP contribution >= 0.6 is 11.8 Å². The number of rotatable bonds is 4. The molecule has 0 saturated heterocycles. The van der Waals surface area contributed by atoms with Crippen molar-refractivity contribution in [3.05, 3.63) is 12.4 Å². The number of tetrazole rings is 1. The Hall–Kier alpha value is -1.70. The summed E-state index contributed by atoms with van der Waals surface area (Å²) < 4.78 is 1.48. The summed E-state index contributed by atoms with van der Waals surface area (Å²) in [7, 11) is 0. The minimum atomic E-state index is -0.852. The number of aliphatic carboxylic acids is 1. The molecule has 0 radical (unpaired) electrons. The monoisotopic (exact) mass is 253 g/mol. The fourth-order valence-electron chi connectivity index (χ4n) is 1.34. The molecule has 2 aromatic rings. The molecular formula is C9H11N5O2S. The lowest BCUT2D eigenvalue weighted by Gasteiger charge is -2.15. The number of hydrogen-bond acceptors (Lipinski definition) is 6. The maximum absolute atomic E-state index is 11.1. The summed E-state index contributed by atoms with van der Waals surface area (Å²) in [5.74, 6) is -0.848. The van der Waals surface area contributed by atoms with Gasteiger partial charge in [0.1, 0.15) is 10.3 Å². The molecule has 0 bridgehead atoms. The molecule has 90 valence electrons. The van der Waals surface area contributed by atoms with Crippen LogP contribution in [0.2, 0.25) is 0 Å². The Balaban J connectivity index is 2.34. The first kappa shape index (κ1) is 11.8. The standard InChI is InChI=1S/C9H11N5O2S/c1-5(2)8(9(15)16)17-7-4-10-3-6-11-12-13-14(6)7/h3-5,8H,1-2H3,(H,15,16). The van der Waals surface area contributed by atoms with Crippen molar-refractivity contribution in [3.8, 4) is 0 Å². The summed E-state index contributed by atoms with van der Waals surface area (Å²) in [6.45, 7) is 3.72. The predicted molar refractivity (Wildman–Crippen MR) is 60.7 cm³/mol. The van der Waals surface area contributed by atoms with E-state index in [1.807, 2.05) is 13.8 Å². The largest absolute Gasteiger partial charge is 0.480 e. The molecule has 1 atom stereocenters. The second-order valence-corrected chi connectivity index (χ2v) is 4.98. The molecule has 0 aliphatic rings. The Morgan fingerprint density at radius 1 is 1.47 bits per heavy atom. The van der Waals surface area contributed by atoms with Gasteiger partial charge < -0.3 is 5.11 Å². The first-order valence-corrected chi connectivity index (χ1v) is 5.89. The molecule has 2 aromatic heterocycles. The minimum absolute atomic E-state index is 0.00392. The van der Waals surface area contributed by atoms with Crippen LogP contribution in [0.15, 0.2) is 17.4 Å². The van der Waals surface area contributed by atoms with Crippen LogP contribution in [0.3, 0.4) is 0 Å². The van der Waals surface area contributed by atoms with Crippen LogP contribution in [0, 0.1) is 5.92 Å². The number of carboxylic acid groups (broad SMARTS) is 1. The molecule has 0 amide bonds. The van der Waals surface area contributed by atoms with Crippen molar-refractivity contribution in [2.24, 2.45) is 5.92 Å². The number of carbonyl (C=O) groups is 1. The summed E-state index contributed by atoms with van der Waals surface area (Å²) in [4.78, 5) is 15.1. The SMILES string of the molecule is CC(C)C(Sc1cncc2nnnn12)C(=O)O. The van der Waals surface area contributed by atoms with Gasteiger partial charge in [-0.1, -0.05) is 25.6 Å². The number of thioether (sulfide) groups is 1. The number of hydrogen-bond donors (Lipinski definition) is 1. The maximum atomic E-state index is 11.1. The van der Waals surface area contributed by atoms with Crippen LogP contribution in [0.1, 0.15) is 13.8 Å². The molecule has 8 heteroatoms. The van der Waals surface area contributed by atoms with Crippen LogP contribution in [-0.2, 0) is 4.79 Å². The van der Waals surface area contributed by atoms with Crippen LogP contribution in [0.25, 0.3) is 5.65 Å². The first-order chi connectivity index (χ1) is 8.09. The second kappa shape index (κ2) is 4.66. The third-order valence-electron chi connectivity index (χ3n) is 2.17. The number of carboxylic acids is 1. The molecule has 17 heavy (non-hydrogen) atoms. The molecule has 2 rings (SSSR count). The zero-order valence-corrected chi connectivity index (χ0v) is 10.1. The average Bonchev–Trinajstić information content (AvgIpc) is 2.73. The quantitative estimate of drug-likeness (QED) is 0.802. The Morgan fingerprint density at radius 2 is 2.24 bits per heavy atom. The van der Waals surface area contributed by atoms with Crippen molar-refractivity contribution in [1.82, 2.24) is 25.0 Å². The van der Waals surface area contributed by atoms with Crippen molar-refractivity contribution < 1.29 is 9.90 Å². The third-order valence-corrected chi connectivity index (χ3v) is 3.69. The van der Waals surface area contributed by atoms with Gasteiger partial charge in [-0.25, -0.2) is 0 Å². The van der Waals surface area contributed by atoms with Gasteiger partial charge in [0, 0.05) is 0 Å². The van der Waals surface area contributed by atoms with Crippen LogP contribution in [-0.4, -0.2) is 41.4 Å². The summed E-state index contributed by atoms with van der Waals surface area (Å²) >= 11 is 1.20. The van der Waals surface area contributed by atoms with Crippen LogP contribution in [0.5, 0.6) is 0 Å². The molecular weight excluding hydrogens is 242 g/mol. The fraction of sp³-hybridized carbons (Fsp3) is 0.444. The molecule has 7 nitrogen and oxygen atoms in total. The minimum Gasteiger partial charge on any atom is -0.480 e. The topological polar surface area (TPSA) is 93.3 Å². The summed E-state index contributed by atoms with van der Waals surface area (Å²) in [6, 6.07) is 0. The molecule has 0 saturated carbocycles. The maximum Gasteiger partial charge on any atom is 0.317 e. The summed E-state index contributed by atoms with van der Waals surface area (Å²) in [6.07, 6.45) is 3.08. The Bertz CT molecular complexity index is 541. The van der Waals surface area contributed by atoms with E-state index in [1.165, 1.54) is 22.5 Å². The van der Waals surface area contributed by atoms with Gasteiger partial charge in [-0.2, -0.15) is 4.52 Å². The van der Waals surface area contributed by atoms with Crippen LogP contribution < -0.4 is 0 Å². The fourth-order valence-corrected chi connectivity index (χ4v) is 2.32. The highest BCUT2D eigenvalue weighted by Crippen LogP contribution is 2.27. The van der Waals surface area contributed by atoms with Gasteiger partial charge in [0.2, 0.25) is 0 Å². The lowest BCUT2D eigenvalue weighted by molar-refractivity contribution is -0.137. The highest BCUT2D eigenvalue weighted by molar-refractivity contribution is 8.00. The molecule has 0 fully saturated rings. The smallest absolute Gasteiger partial charge is 0.317 e. The number of fused-ring (bicyclic) bond motifs is 1. The normalized spacial score (nSPS) is 13.1. The van der Waals surface area contributed by atoms with Crippen molar-refractivity contribution in [2.75, 3.05) is 0 Å². The highest BCUT2D eigenvalue weighted by atomic mass is 32.2. The van der Waals surface area contributed by atoms with E-state index in [1.54, 1.807) is 6.20 Å².